The Kier molecular flexibility index (Phi) is 5.78. The van der Waals surface area contributed by atoms with Crippen molar-refractivity contribution >= 4 is 17.5 Å². The fourth-order valence-electron chi connectivity index (χ4n) is 1.62. The van der Waals surface area contributed by atoms with E-state index in [2.05, 4.69) is 0 Å². The summed E-state index contributed by atoms with van der Waals surface area (Å²) in [5, 5.41) is 18.9. The number of carbonyl (C=O) groups is 1. The number of phenols is 2. The van der Waals surface area contributed by atoms with E-state index in [1.54, 1.807) is 7.05 Å². The van der Waals surface area contributed by atoms with Crippen molar-refractivity contribution in [2.75, 3.05) is 19.5 Å². The Morgan fingerprint density at radius 2 is 2.00 bits per heavy atom. The molecule has 0 fully saturated rings. The summed E-state index contributed by atoms with van der Waals surface area (Å²) >= 11 is 5.57. The van der Waals surface area contributed by atoms with E-state index >= 15 is 0 Å². The molecule has 0 atom stereocenters. The Balaban J connectivity index is 2.60. The molecule has 2 N–H and O–H groups in total. The standard InChI is InChI=1S/C13H18ClNO3/c1-15(8-4-2-3-7-14)13(18)11-9-10(16)5-6-12(11)17/h5-6,9,16-17H,2-4,7-8H2,1H3. The Morgan fingerprint density at radius 1 is 1.28 bits per heavy atom. The minimum absolute atomic E-state index is 0.0355. The van der Waals surface area contributed by atoms with E-state index in [0.717, 1.165) is 19.3 Å². The molecule has 0 saturated carbocycles. The number of nitrogens with zero attached hydrogens (tertiary/aromatic N) is 1. The Morgan fingerprint density at radius 3 is 2.67 bits per heavy atom. The molecule has 100 valence electrons. The van der Waals surface area contributed by atoms with E-state index in [1.807, 2.05) is 0 Å². The molecule has 1 amide bonds. The van der Waals surface area contributed by atoms with Crippen LogP contribution in [0.2, 0.25) is 0 Å². The van der Waals surface area contributed by atoms with Crippen LogP contribution >= 0.6 is 11.6 Å². The van der Waals surface area contributed by atoms with Gasteiger partial charge in [0.1, 0.15) is 11.5 Å². The van der Waals surface area contributed by atoms with Gasteiger partial charge in [0.05, 0.1) is 5.56 Å². The second-order valence-corrected chi connectivity index (χ2v) is 4.56. The van der Waals surface area contributed by atoms with Gasteiger partial charge < -0.3 is 15.1 Å². The highest BCUT2D eigenvalue weighted by Crippen LogP contribution is 2.23. The lowest BCUT2D eigenvalue weighted by atomic mass is 10.1. The number of rotatable bonds is 6. The second kappa shape index (κ2) is 7.11. The summed E-state index contributed by atoms with van der Waals surface area (Å²) in [5.41, 5.74) is 0.120. The predicted octanol–water partition coefficient (Wildman–Crippen LogP) is 2.58. The maximum Gasteiger partial charge on any atom is 0.257 e. The van der Waals surface area contributed by atoms with E-state index in [-0.39, 0.29) is 23.0 Å². The molecular formula is C13H18ClNO3. The summed E-state index contributed by atoms with van der Waals surface area (Å²) < 4.78 is 0. The molecule has 0 aliphatic heterocycles. The van der Waals surface area contributed by atoms with Crippen LogP contribution in [0.15, 0.2) is 18.2 Å². The fourth-order valence-corrected chi connectivity index (χ4v) is 1.81. The van der Waals surface area contributed by atoms with Crippen LogP contribution in [0.3, 0.4) is 0 Å². The van der Waals surface area contributed by atoms with E-state index in [0.29, 0.717) is 12.4 Å². The van der Waals surface area contributed by atoms with Gasteiger partial charge in [0.25, 0.3) is 5.91 Å². The molecule has 0 saturated heterocycles. The predicted molar refractivity (Wildman–Crippen MR) is 71.3 cm³/mol. The van der Waals surface area contributed by atoms with Crippen LogP contribution in [-0.4, -0.2) is 40.5 Å². The first kappa shape index (κ1) is 14.6. The number of amides is 1. The maximum atomic E-state index is 12.0. The molecule has 0 aliphatic rings. The third-order valence-electron chi connectivity index (χ3n) is 2.68. The molecule has 0 bridgehead atoms. The van der Waals surface area contributed by atoms with Crippen molar-refractivity contribution in [3.63, 3.8) is 0 Å². The maximum absolute atomic E-state index is 12.0. The first-order valence-corrected chi connectivity index (χ1v) is 6.43. The average molecular weight is 272 g/mol. The molecule has 1 rings (SSSR count). The van der Waals surface area contributed by atoms with Gasteiger partial charge in [-0.1, -0.05) is 6.42 Å². The Hall–Kier alpha value is -1.42. The smallest absolute Gasteiger partial charge is 0.257 e. The van der Waals surface area contributed by atoms with Crippen LogP contribution in [0, 0.1) is 0 Å². The first-order valence-electron chi connectivity index (χ1n) is 5.89. The lowest BCUT2D eigenvalue weighted by Gasteiger charge is -2.17. The summed E-state index contributed by atoms with van der Waals surface area (Å²) in [4.78, 5) is 13.5. The van der Waals surface area contributed by atoms with Crippen molar-refractivity contribution in [3.8, 4) is 11.5 Å². The summed E-state index contributed by atoms with van der Waals surface area (Å²) in [5.74, 6) is 0.178. The highest BCUT2D eigenvalue weighted by molar-refractivity contribution is 6.17. The topological polar surface area (TPSA) is 60.8 Å². The zero-order valence-corrected chi connectivity index (χ0v) is 11.2. The molecule has 1 aromatic carbocycles. The first-order chi connectivity index (χ1) is 8.56. The second-order valence-electron chi connectivity index (χ2n) is 4.18. The molecule has 1 aromatic rings. The monoisotopic (exact) mass is 271 g/mol. The van der Waals surface area contributed by atoms with Crippen molar-refractivity contribution in [3.05, 3.63) is 23.8 Å². The zero-order chi connectivity index (χ0) is 13.5. The highest BCUT2D eigenvalue weighted by Gasteiger charge is 2.15. The average Bonchev–Trinajstić information content (AvgIpc) is 2.36. The lowest BCUT2D eigenvalue weighted by Crippen LogP contribution is -2.27. The number of unbranched alkanes of at least 4 members (excludes halogenated alkanes) is 2. The van der Waals surface area contributed by atoms with E-state index < -0.39 is 0 Å². The van der Waals surface area contributed by atoms with Gasteiger partial charge >= 0.3 is 0 Å². The van der Waals surface area contributed by atoms with Crippen molar-refractivity contribution in [1.82, 2.24) is 4.90 Å². The normalized spacial score (nSPS) is 10.3. The van der Waals surface area contributed by atoms with Crippen LogP contribution < -0.4 is 0 Å². The van der Waals surface area contributed by atoms with Crippen molar-refractivity contribution in [1.29, 1.82) is 0 Å². The number of hydrogen-bond donors (Lipinski definition) is 2. The number of benzene rings is 1. The number of alkyl halides is 1. The van der Waals surface area contributed by atoms with Crippen LogP contribution in [0.1, 0.15) is 29.6 Å². The number of phenolic OH excluding ortho intramolecular Hbond substituents is 2. The Labute approximate surface area is 112 Å². The fraction of sp³-hybridized carbons (Fsp3) is 0.462. The molecule has 4 nitrogen and oxygen atoms in total. The molecule has 5 heteroatoms. The summed E-state index contributed by atoms with van der Waals surface area (Å²) in [6.45, 7) is 0.602. The molecule has 0 aliphatic carbocycles. The third kappa shape index (κ3) is 4.11. The van der Waals surface area contributed by atoms with Gasteiger partial charge in [0, 0.05) is 19.5 Å². The zero-order valence-electron chi connectivity index (χ0n) is 10.4. The van der Waals surface area contributed by atoms with Gasteiger partial charge in [-0.25, -0.2) is 0 Å². The number of aromatic hydroxyl groups is 2. The summed E-state index contributed by atoms with van der Waals surface area (Å²) in [6.07, 6.45) is 2.77. The third-order valence-corrected chi connectivity index (χ3v) is 2.95. The summed E-state index contributed by atoms with van der Waals surface area (Å²) in [6, 6.07) is 3.92. The van der Waals surface area contributed by atoms with Gasteiger partial charge in [0.2, 0.25) is 0 Å². The minimum Gasteiger partial charge on any atom is -0.508 e. The lowest BCUT2D eigenvalue weighted by molar-refractivity contribution is 0.0789. The highest BCUT2D eigenvalue weighted by atomic mass is 35.5. The van der Waals surface area contributed by atoms with Gasteiger partial charge in [-0.05, 0) is 31.0 Å². The number of carbonyl (C=O) groups excluding carboxylic acids is 1. The SMILES string of the molecule is CN(CCCCCCl)C(=O)c1cc(O)ccc1O. The van der Waals surface area contributed by atoms with E-state index in [4.69, 9.17) is 11.6 Å². The van der Waals surface area contributed by atoms with E-state index in [9.17, 15) is 15.0 Å². The van der Waals surface area contributed by atoms with E-state index in [1.165, 1.54) is 23.1 Å². The molecular weight excluding hydrogens is 254 g/mol. The number of halogens is 1. The minimum atomic E-state index is -0.297. The quantitative estimate of drug-likeness (QED) is 0.475. The van der Waals surface area contributed by atoms with Crippen LogP contribution in [-0.2, 0) is 0 Å². The van der Waals surface area contributed by atoms with Gasteiger partial charge in [-0.3, -0.25) is 4.79 Å². The van der Waals surface area contributed by atoms with Crippen molar-refractivity contribution in [2.45, 2.75) is 19.3 Å². The molecule has 0 radical (unpaired) electrons. The van der Waals surface area contributed by atoms with Crippen LogP contribution in [0.5, 0.6) is 11.5 Å². The summed E-state index contributed by atoms with van der Waals surface area (Å²) in [7, 11) is 1.67. The van der Waals surface area contributed by atoms with Gasteiger partial charge in [-0.15, -0.1) is 11.6 Å². The molecule has 0 unspecified atom stereocenters. The van der Waals surface area contributed by atoms with Crippen LogP contribution in [0.25, 0.3) is 0 Å². The molecule has 0 heterocycles. The largest absolute Gasteiger partial charge is 0.508 e. The molecule has 18 heavy (non-hydrogen) atoms. The number of hydrogen-bond acceptors (Lipinski definition) is 3. The van der Waals surface area contributed by atoms with Gasteiger partial charge in [-0.2, -0.15) is 0 Å². The van der Waals surface area contributed by atoms with Crippen LogP contribution in [0.4, 0.5) is 0 Å². The van der Waals surface area contributed by atoms with Crippen molar-refractivity contribution in [2.24, 2.45) is 0 Å². The molecule has 0 spiro atoms. The molecule has 0 aromatic heterocycles. The van der Waals surface area contributed by atoms with Gasteiger partial charge in [0.15, 0.2) is 0 Å². The van der Waals surface area contributed by atoms with Crippen molar-refractivity contribution < 1.29 is 15.0 Å². The Bertz CT molecular complexity index is 409.